The molecule has 92 valence electrons. The van der Waals surface area contributed by atoms with Crippen molar-refractivity contribution in [2.75, 3.05) is 19.6 Å². The molecule has 0 radical (unpaired) electrons. The molecule has 0 spiro atoms. The van der Waals surface area contributed by atoms with Crippen LogP contribution in [0.1, 0.15) is 12.5 Å². The zero-order chi connectivity index (χ0) is 12.7. The van der Waals surface area contributed by atoms with E-state index in [0.29, 0.717) is 0 Å². The van der Waals surface area contributed by atoms with E-state index in [1.54, 1.807) is 0 Å². The van der Waals surface area contributed by atoms with Gasteiger partial charge < -0.3 is 5.73 Å². The molecule has 0 aliphatic rings. The average molecular weight is 230 g/mol. The molecule has 0 amide bonds. The molecule has 0 saturated carbocycles. The molecule has 0 heterocycles. The standard InChI is InChI=1S/C15H22N2/c1-4-11-17(12-5-2)13-15(3,16)14-9-7-6-8-10-14/h4-10H,1-2,11-13,16H2,3H3. The third-order valence-corrected chi connectivity index (χ3v) is 2.76. The fourth-order valence-electron chi connectivity index (χ4n) is 1.94. The molecule has 1 aromatic carbocycles. The molecule has 1 rings (SSSR count). The van der Waals surface area contributed by atoms with Gasteiger partial charge in [-0.3, -0.25) is 4.90 Å². The Bertz CT molecular complexity index is 344. The summed E-state index contributed by atoms with van der Waals surface area (Å²) in [6, 6.07) is 10.2. The van der Waals surface area contributed by atoms with Crippen molar-refractivity contribution in [3.05, 3.63) is 61.2 Å². The van der Waals surface area contributed by atoms with Crippen LogP contribution < -0.4 is 5.73 Å². The highest BCUT2D eigenvalue weighted by Crippen LogP contribution is 2.18. The second kappa shape index (κ2) is 6.38. The molecule has 1 aromatic rings. The van der Waals surface area contributed by atoms with E-state index < -0.39 is 0 Å². The van der Waals surface area contributed by atoms with E-state index in [1.807, 2.05) is 30.4 Å². The van der Waals surface area contributed by atoms with E-state index in [4.69, 9.17) is 5.73 Å². The Morgan fingerprint density at radius 2 is 1.71 bits per heavy atom. The summed E-state index contributed by atoms with van der Waals surface area (Å²) in [5.41, 5.74) is 7.19. The second-order valence-corrected chi connectivity index (χ2v) is 4.55. The van der Waals surface area contributed by atoms with Crippen LogP contribution in [0.5, 0.6) is 0 Å². The molecule has 0 fully saturated rings. The van der Waals surface area contributed by atoms with Gasteiger partial charge in [0.2, 0.25) is 0 Å². The summed E-state index contributed by atoms with van der Waals surface area (Å²) in [5.74, 6) is 0. The predicted molar refractivity (Wildman–Crippen MR) is 74.8 cm³/mol. The van der Waals surface area contributed by atoms with Crippen molar-refractivity contribution in [3.8, 4) is 0 Å². The van der Waals surface area contributed by atoms with Crippen molar-refractivity contribution in [2.24, 2.45) is 5.73 Å². The van der Waals surface area contributed by atoms with Crippen molar-refractivity contribution in [1.82, 2.24) is 4.90 Å². The van der Waals surface area contributed by atoms with Gasteiger partial charge in [0.15, 0.2) is 0 Å². The summed E-state index contributed by atoms with van der Waals surface area (Å²) in [6.45, 7) is 12.0. The van der Waals surface area contributed by atoms with E-state index >= 15 is 0 Å². The largest absolute Gasteiger partial charge is 0.321 e. The van der Waals surface area contributed by atoms with E-state index in [9.17, 15) is 0 Å². The zero-order valence-corrected chi connectivity index (χ0v) is 10.6. The minimum absolute atomic E-state index is 0.354. The smallest absolute Gasteiger partial charge is 0.0510 e. The molecule has 0 aromatic heterocycles. The van der Waals surface area contributed by atoms with Crippen LogP contribution in [0.4, 0.5) is 0 Å². The zero-order valence-electron chi connectivity index (χ0n) is 10.6. The van der Waals surface area contributed by atoms with Crippen LogP contribution in [0, 0.1) is 0 Å². The summed E-state index contributed by atoms with van der Waals surface area (Å²) < 4.78 is 0. The first-order chi connectivity index (χ1) is 8.10. The fourth-order valence-corrected chi connectivity index (χ4v) is 1.94. The van der Waals surface area contributed by atoms with Crippen LogP contribution in [-0.4, -0.2) is 24.5 Å². The Balaban J connectivity index is 2.76. The number of benzene rings is 1. The van der Waals surface area contributed by atoms with Crippen molar-refractivity contribution in [3.63, 3.8) is 0 Å². The van der Waals surface area contributed by atoms with Gasteiger partial charge in [-0.1, -0.05) is 42.5 Å². The highest BCUT2D eigenvalue weighted by atomic mass is 15.1. The van der Waals surface area contributed by atoms with Gasteiger partial charge in [0, 0.05) is 19.6 Å². The van der Waals surface area contributed by atoms with Gasteiger partial charge in [0.25, 0.3) is 0 Å². The Labute approximate surface area is 104 Å². The van der Waals surface area contributed by atoms with E-state index in [-0.39, 0.29) is 5.54 Å². The second-order valence-electron chi connectivity index (χ2n) is 4.55. The van der Waals surface area contributed by atoms with Gasteiger partial charge >= 0.3 is 0 Å². The molecule has 1 unspecified atom stereocenters. The van der Waals surface area contributed by atoms with Gasteiger partial charge in [0.05, 0.1) is 5.54 Å². The van der Waals surface area contributed by atoms with Gasteiger partial charge in [-0.05, 0) is 12.5 Å². The van der Waals surface area contributed by atoms with Crippen molar-refractivity contribution < 1.29 is 0 Å². The number of hydrogen-bond donors (Lipinski definition) is 1. The lowest BCUT2D eigenvalue weighted by Gasteiger charge is -2.31. The molecule has 17 heavy (non-hydrogen) atoms. The van der Waals surface area contributed by atoms with Crippen molar-refractivity contribution >= 4 is 0 Å². The molecule has 1 atom stereocenters. The van der Waals surface area contributed by atoms with Crippen LogP contribution in [-0.2, 0) is 5.54 Å². The summed E-state index contributed by atoms with van der Waals surface area (Å²) in [5, 5.41) is 0. The molecule has 0 aliphatic heterocycles. The Morgan fingerprint density at radius 1 is 1.18 bits per heavy atom. The molecular weight excluding hydrogens is 208 g/mol. The Morgan fingerprint density at radius 3 is 2.18 bits per heavy atom. The molecule has 2 nitrogen and oxygen atoms in total. The number of rotatable bonds is 7. The monoisotopic (exact) mass is 230 g/mol. The summed E-state index contributed by atoms with van der Waals surface area (Å²) in [7, 11) is 0. The van der Waals surface area contributed by atoms with Crippen LogP contribution in [0.15, 0.2) is 55.6 Å². The van der Waals surface area contributed by atoms with Crippen LogP contribution >= 0.6 is 0 Å². The van der Waals surface area contributed by atoms with Crippen molar-refractivity contribution in [2.45, 2.75) is 12.5 Å². The lowest BCUT2D eigenvalue weighted by Crippen LogP contribution is -2.45. The first kappa shape index (κ1) is 13.7. The minimum atomic E-state index is -0.354. The quantitative estimate of drug-likeness (QED) is 0.729. The number of hydrogen-bond acceptors (Lipinski definition) is 2. The molecular formula is C15H22N2. The predicted octanol–water partition coefficient (Wildman–Crippen LogP) is 2.53. The van der Waals surface area contributed by atoms with E-state index in [1.165, 1.54) is 0 Å². The van der Waals surface area contributed by atoms with Crippen LogP contribution in [0.3, 0.4) is 0 Å². The summed E-state index contributed by atoms with van der Waals surface area (Å²) in [6.07, 6.45) is 3.79. The maximum atomic E-state index is 6.39. The average Bonchev–Trinajstić information content (AvgIpc) is 2.30. The van der Waals surface area contributed by atoms with Gasteiger partial charge in [-0.15, -0.1) is 13.2 Å². The highest BCUT2D eigenvalue weighted by molar-refractivity contribution is 5.23. The minimum Gasteiger partial charge on any atom is -0.321 e. The third kappa shape index (κ3) is 4.17. The summed E-state index contributed by atoms with van der Waals surface area (Å²) in [4.78, 5) is 2.23. The third-order valence-electron chi connectivity index (χ3n) is 2.76. The van der Waals surface area contributed by atoms with E-state index in [0.717, 1.165) is 25.2 Å². The molecule has 0 saturated heterocycles. The van der Waals surface area contributed by atoms with Gasteiger partial charge in [0.1, 0.15) is 0 Å². The Kier molecular flexibility index (Phi) is 5.13. The first-order valence-electron chi connectivity index (χ1n) is 5.88. The fraction of sp³-hybridized carbons (Fsp3) is 0.333. The number of nitrogens with zero attached hydrogens (tertiary/aromatic N) is 1. The molecule has 0 bridgehead atoms. The van der Waals surface area contributed by atoms with Gasteiger partial charge in [-0.25, -0.2) is 0 Å². The SMILES string of the molecule is C=CCN(CC=C)CC(C)(N)c1ccccc1. The molecule has 0 aliphatic carbocycles. The lowest BCUT2D eigenvalue weighted by molar-refractivity contribution is 0.258. The molecule has 2 N–H and O–H groups in total. The Hall–Kier alpha value is -1.38. The number of nitrogens with two attached hydrogens (primary N) is 1. The summed E-state index contributed by atoms with van der Waals surface area (Å²) >= 11 is 0. The topological polar surface area (TPSA) is 29.3 Å². The van der Waals surface area contributed by atoms with Crippen LogP contribution in [0.25, 0.3) is 0 Å². The van der Waals surface area contributed by atoms with Crippen molar-refractivity contribution in [1.29, 1.82) is 0 Å². The van der Waals surface area contributed by atoms with Gasteiger partial charge in [-0.2, -0.15) is 0 Å². The maximum Gasteiger partial charge on any atom is 0.0510 e. The van der Waals surface area contributed by atoms with Crippen LogP contribution in [0.2, 0.25) is 0 Å². The normalized spacial score (nSPS) is 14.3. The highest BCUT2D eigenvalue weighted by Gasteiger charge is 2.23. The first-order valence-corrected chi connectivity index (χ1v) is 5.88. The maximum absolute atomic E-state index is 6.39. The van der Waals surface area contributed by atoms with E-state index in [2.05, 4.69) is 37.1 Å². The lowest BCUT2D eigenvalue weighted by atomic mass is 9.92. The molecule has 2 heteroatoms.